The van der Waals surface area contributed by atoms with Crippen molar-refractivity contribution in [3.63, 3.8) is 0 Å². The Kier molecular flexibility index (Phi) is 3.85. The SMILES string of the molecule is CNC(=O)/C=C/c1cnc2c(c1)CC[C@](C)(N)C(=O)N2. The van der Waals surface area contributed by atoms with Crippen molar-refractivity contribution in [3.8, 4) is 0 Å². The molecule has 4 N–H and O–H groups in total. The number of aromatic nitrogens is 1. The molecule has 1 aliphatic heterocycles. The summed E-state index contributed by atoms with van der Waals surface area (Å²) in [5, 5.41) is 5.24. The van der Waals surface area contributed by atoms with Crippen LogP contribution in [0.5, 0.6) is 0 Å². The summed E-state index contributed by atoms with van der Waals surface area (Å²) < 4.78 is 0. The highest BCUT2D eigenvalue weighted by molar-refractivity contribution is 5.98. The molecule has 0 bridgehead atoms. The number of amides is 2. The van der Waals surface area contributed by atoms with E-state index in [0.717, 1.165) is 11.1 Å². The van der Waals surface area contributed by atoms with Gasteiger partial charge in [-0.05, 0) is 43.0 Å². The quantitative estimate of drug-likeness (QED) is 0.682. The van der Waals surface area contributed by atoms with Crippen LogP contribution in [-0.4, -0.2) is 29.4 Å². The normalized spacial score (nSPS) is 22.1. The van der Waals surface area contributed by atoms with Gasteiger partial charge in [0.25, 0.3) is 0 Å². The molecular formula is C14H18N4O2. The van der Waals surface area contributed by atoms with Crippen molar-refractivity contribution in [2.75, 3.05) is 12.4 Å². The maximum absolute atomic E-state index is 11.9. The topological polar surface area (TPSA) is 97.1 Å². The van der Waals surface area contributed by atoms with E-state index in [1.807, 2.05) is 6.07 Å². The molecule has 0 saturated carbocycles. The van der Waals surface area contributed by atoms with E-state index in [0.29, 0.717) is 18.7 Å². The molecule has 0 saturated heterocycles. The Bertz CT molecular complexity index is 579. The van der Waals surface area contributed by atoms with Gasteiger partial charge in [-0.3, -0.25) is 9.59 Å². The number of anilines is 1. The summed E-state index contributed by atoms with van der Waals surface area (Å²) in [6.45, 7) is 1.71. The van der Waals surface area contributed by atoms with Gasteiger partial charge in [0, 0.05) is 19.3 Å². The number of nitrogens with two attached hydrogens (primary N) is 1. The minimum Gasteiger partial charge on any atom is -0.356 e. The maximum Gasteiger partial charge on any atom is 0.245 e. The number of likely N-dealkylation sites (N-methyl/N-ethyl adjacent to an activating group) is 1. The van der Waals surface area contributed by atoms with Crippen LogP contribution in [0.2, 0.25) is 0 Å². The van der Waals surface area contributed by atoms with E-state index in [1.54, 1.807) is 26.2 Å². The monoisotopic (exact) mass is 274 g/mol. The van der Waals surface area contributed by atoms with Gasteiger partial charge >= 0.3 is 0 Å². The number of pyridine rings is 1. The van der Waals surface area contributed by atoms with Gasteiger partial charge in [0.05, 0.1) is 5.54 Å². The Balaban J connectivity index is 2.25. The van der Waals surface area contributed by atoms with Crippen LogP contribution in [0.15, 0.2) is 18.3 Å². The standard InChI is InChI=1S/C14H18N4O2/c1-14(15)6-5-10-7-9(3-4-11(19)16-2)8-17-12(10)18-13(14)20/h3-4,7-8H,5-6,15H2,1-2H3,(H,16,19)(H,17,18,20)/b4-3+/t14-/m0/s1. The lowest BCUT2D eigenvalue weighted by molar-refractivity contribution is -0.120. The Hall–Kier alpha value is -2.21. The largest absolute Gasteiger partial charge is 0.356 e. The first-order chi connectivity index (χ1) is 9.42. The second-order valence-electron chi connectivity index (χ2n) is 5.10. The van der Waals surface area contributed by atoms with Crippen LogP contribution in [0.4, 0.5) is 5.82 Å². The molecule has 0 fully saturated rings. The number of hydrogen-bond donors (Lipinski definition) is 3. The third-order valence-corrected chi connectivity index (χ3v) is 3.33. The molecule has 106 valence electrons. The first kappa shape index (κ1) is 14.2. The van der Waals surface area contributed by atoms with Crippen molar-refractivity contribution in [3.05, 3.63) is 29.5 Å². The predicted molar refractivity (Wildman–Crippen MR) is 76.9 cm³/mol. The lowest BCUT2D eigenvalue weighted by Gasteiger charge is -2.19. The first-order valence-electron chi connectivity index (χ1n) is 6.41. The third-order valence-electron chi connectivity index (χ3n) is 3.33. The number of fused-ring (bicyclic) bond motifs is 1. The van der Waals surface area contributed by atoms with Crippen molar-refractivity contribution in [2.45, 2.75) is 25.3 Å². The molecule has 20 heavy (non-hydrogen) atoms. The van der Waals surface area contributed by atoms with E-state index >= 15 is 0 Å². The zero-order chi connectivity index (χ0) is 14.8. The van der Waals surface area contributed by atoms with Gasteiger partial charge in [-0.2, -0.15) is 0 Å². The maximum atomic E-state index is 11.9. The molecule has 6 nitrogen and oxygen atoms in total. The Morgan fingerprint density at radius 1 is 1.60 bits per heavy atom. The lowest BCUT2D eigenvalue weighted by atomic mass is 9.95. The van der Waals surface area contributed by atoms with Crippen LogP contribution in [0.25, 0.3) is 6.08 Å². The van der Waals surface area contributed by atoms with Gasteiger partial charge in [-0.15, -0.1) is 0 Å². The first-order valence-corrected chi connectivity index (χ1v) is 6.41. The summed E-state index contributed by atoms with van der Waals surface area (Å²) in [4.78, 5) is 27.3. The number of rotatable bonds is 2. The van der Waals surface area contributed by atoms with Crippen molar-refractivity contribution < 1.29 is 9.59 Å². The van der Waals surface area contributed by atoms with E-state index in [-0.39, 0.29) is 11.8 Å². The average Bonchev–Trinajstić information content (AvgIpc) is 2.54. The van der Waals surface area contributed by atoms with Gasteiger partial charge in [-0.25, -0.2) is 4.98 Å². The molecule has 0 unspecified atom stereocenters. The molecule has 1 atom stereocenters. The second kappa shape index (κ2) is 5.42. The van der Waals surface area contributed by atoms with Crippen molar-refractivity contribution in [1.82, 2.24) is 10.3 Å². The number of nitrogens with one attached hydrogen (secondary N) is 2. The summed E-state index contributed by atoms with van der Waals surface area (Å²) in [5.74, 6) is 0.140. The molecule has 2 amide bonds. The molecule has 0 aliphatic carbocycles. The Labute approximate surface area is 117 Å². The molecule has 6 heteroatoms. The van der Waals surface area contributed by atoms with Gasteiger partial charge in [0.15, 0.2) is 0 Å². The second-order valence-corrected chi connectivity index (χ2v) is 5.10. The van der Waals surface area contributed by atoms with Crippen LogP contribution >= 0.6 is 0 Å². The molecule has 2 rings (SSSR count). The smallest absolute Gasteiger partial charge is 0.245 e. The Morgan fingerprint density at radius 3 is 3.05 bits per heavy atom. The summed E-state index contributed by atoms with van der Waals surface area (Å²) >= 11 is 0. The van der Waals surface area contributed by atoms with Crippen LogP contribution in [0, 0.1) is 0 Å². The molecule has 0 aromatic carbocycles. The molecule has 0 radical (unpaired) electrons. The third kappa shape index (κ3) is 3.03. The van der Waals surface area contributed by atoms with Gasteiger partial charge in [0.2, 0.25) is 11.8 Å². The number of carbonyl (C=O) groups excluding carboxylic acids is 2. The summed E-state index contributed by atoms with van der Waals surface area (Å²) in [5.41, 5.74) is 6.79. The highest BCUT2D eigenvalue weighted by Crippen LogP contribution is 2.24. The van der Waals surface area contributed by atoms with E-state index in [1.165, 1.54) is 6.08 Å². The molecule has 1 aromatic rings. The molecule has 2 heterocycles. The van der Waals surface area contributed by atoms with Crippen LogP contribution in [0.1, 0.15) is 24.5 Å². The lowest BCUT2D eigenvalue weighted by Crippen LogP contribution is -2.47. The van der Waals surface area contributed by atoms with E-state index in [4.69, 9.17) is 5.73 Å². The van der Waals surface area contributed by atoms with E-state index in [9.17, 15) is 9.59 Å². The molecule has 0 spiro atoms. The zero-order valence-corrected chi connectivity index (χ0v) is 11.6. The Morgan fingerprint density at radius 2 is 2.35 bits per heavy atom. The van der Waals surface area contributed by atoms with Crippen molar-refractivity contribution in [2.24, 2.45) is 5.73 Å². The number of carbonyl (C=O) groups is 2. The van der Waals surface area contributed by atoms with Crippen LogP contribution in [-0.2, 0) is 16.0 Å². The highest BCUT2D eigenvalue weighted by Gasteiger charge is 2.31. The fourth-order valence-corrected chi connectivity index (χ4v) is 1.94. The van der Waals surface area contributed by atoms with E-state index in [2.05, 4.69) is 15.6 Å². The summed E-state index contributed by atoms with van der Waals surface area (Å²) in [7, 11) is 1.57. The van der Waals surface area contributed by atoms with Gasteiger partial charge in [-0.1, -0.05) is 0 Å². The predicted octanol–water partition coefficient (Wildman–Crippen LogP) is 0.443. The molecule has 1 aliphatic rings. The molecular weight excluding hydrogens is 256 g/mol. The summed E-state index contributed by atoms with van der Waals surface area (Å²) in [6.07, 6.45) is 5.94. The van der Waals surface area contributed by atoms with E-state index < -0.39 is 5.54 Å². The van der Waals surface area contributed by atoms with Crippen molar-refractivity contribution >= 4 is 23.7 Å². The highest BCUT2D eigenvalue weighted by atomic mass is 16.2. The minimum atomic E-state index is -0.890. The zero-order valence-electron chi connectivity index (χ0n) is 11.6. The van der Waals surface area contributed by atoms with Gasteiger partial charge in [0.1, 0.15) is 5.82 Å². The van der Waals surface area contributed by atoms with Crippen LogP contribution < -0.4 is 16.4 Å². The number of hydrogen-bond acceptors (Lipinski definition) is 4. The average molecular weight is 274 g/mol. The number of nitrogens with zero attached hydrogens (tertiary/aromatic N) is 1. The fourth-order valence-electron chi connectivity index (χ4n) is 1.94. The summed E-state index contributed by atoms with van der Waals surface area (Å²) in [6, 6.07) is 1.91. The van der Waals surface area contributed by atoms with Crippen LogP contribution in [0.3, 0.4) is 0 Å². The minimum absolute atomic E-state index is 0.178. The van der Waals surface area contributed by atoms with Crippen molar-refractivity contribution in [1.29, 1.82) is 0 Å². The molecule has 1 aromatic heterocycles. The van der Waals surface area contributed by atoms with Gasteiger partial charge < -0.3 is 16.4 Å². The number of aryl methyl sites for hydroxylation is 1. The fraction of sp³-hybridized carbons (Fsp3) is 0.357.